The van der Waals surface area contributed by atoms with Gasteiger partial charge in [-0.05, 0) is 49.6 Å². The predicted molar refractivity (Wildman–Crippen MR) is 105 cm³/mol. The van der Waals surface area contributed by atoms with Crippen molar-refractivity contribution in [1.29, 1.82) is 0 Å². The van der Waals surface area contributed by atoms with E-state index in [-0.39, 0.29) is 6.54 Å². The van der Waals surface area contributed by atoms with Crippen LogP contribution in [0.15, 0.2) is 47.1 Å². The van der Waals surface area contributed by atoms with Crippen LogP contribution in [0, 0.1) is 0 Å². The Morgan fingerprint density at radius 2 is 1.93 bits per heavy atom. The number of amides is 1. The Morgan fingerprint density at radius 1 is 1.20 bits per heavy atom. The van der Waals surface area contributed by atoms with Gasteiger partial charge < -0.3 is 14.8 Å². The molecular weight excluding hydrogens is 397 g/mol. The molecule has 3 rings (SSSR count). The van der Waals surface area contributed by atoms with Crippen LogP contribution < -0.4 is 5.32 Å². The Balaban J connectivity index is 1.66. The van der Waals surface area contributed by atoms with Crippen molar-refractivity contribution < 1.29 is 27.5 Å². The lowest BCUT2D eigenvalue weighted by molar-refractivity contribution is -0.273. The molecule has 2 aromatic rings. The molecule has 1 aromatic carbocycles. The monoisotopic (exact) mass is 424 g/mol. The molecule has 8 heteroatoms. The molecule has 1 amide bonds. The standard InChI is InChI=1S/C22H27F3N2O3/c1-16-7-4-5-11-27(16)15-18-9-3-2-8-17(18)14-26-20(28)13-21(29,22(23,24)25)19-10-6-12-30-19/h2-3,6,8-10,12,16,29H,4-5,7,11,13-15H2,1H3,(H,26,28)/t16-,21+/m1/s1. The second-order valence-corrected chi connectivity index (χ2v) is 7.87. The summed E-state index contributed by atoms with van der Waals surface area (Å²) in [6.07, 6.45) is -1.69. The molecule has 164 valence electrons. The fraction of sp³-hybridized carbons (Fsp3) is 0.500. The first-order valence-electron chi connectivity index (χ1n) is 10.1. The number of benzene rings is 1. The molecule has 1 aliphatic heterocycles. The van der Waals surface area contributed by atoms with Crippen LogP contribution in [0.2, 0.25) is 0 Å². The topological polar surface area (TPSA) is 65.7 Å². The molecule has 0 saturated carbocycles. The lowest BCUT2D eigenvalue weighted by Gasteiger charge is -2.33. The van der Waals surface area contributed by atoms with Crippen LogP contribution in [-0.2, 0) is 23.5 Å². The van der Waals surface area contributed by atoms with Gasteiger partial charge in [-0.2, -0.15) is 13.2 Å². The number of aliphatic hydroxyl groups is 1. The molecule has 1 saturated heterocycles. The van der Waals surface area contributed by atoms with Gasteiger partial charge in [0.1, 0.15) is 5.76 Å². The molecule has 0 aliphatic carbocycles. The lowest BCUT2D eigenvalue weighted by atomic mass is 9.95. The Kier molecular flexibility index (Phi) is 6.88. The number of nitrogens with zero attached hydrogens (tertiary/aromatic N) is 1. The minimum Gasteiger partial charge on any atom is -0.466 e. The van der Waals surface area contributed by atoms with E-state index in [0.717, 1.165) is 49.4 Å². The smallest absolute Gasteiger partial charge is 0.425 e. The largest absolute Gasteiger partial charge is 0.466 e. The van der Waals surface area contributed by atoms with Gasteiger partial charge in [0, 0.05) is 19.1 Å². The third-order valence-electron chi connectivity index (χ3n) is 5.72. The van der Waals surface area contributed by atoms with Gasteiger partial charge in [0.15, 0.2) is 0 Å². The zero-order valence-corrected chi connectivity index (χ0v) is 16.9. The Labute approximate surface area is 173 Å². The van der Waals surface area contributed by atoms with Crippen molar-refractivity contribution in [1.82, 2.24) is 10.2 Å². The summed E-state index contributed by atoms with van der Waals surface area (Å²) in [7, 11) is 0. The quantitative estimate of drug-likeness (QED) is 0.702. The molecule has 0 spiro atoms. The number of nitrogens with one attached hydrogen (secondary N) is 1. The highest BCUT2D eigenvalue weighted by Gasteiger charge is 2.58. The second-order valence-electron chi connectivity index (χ2n) is 7.87. The highest BCUT2D eigenvalue weighted by molar-refractivity contribution is 5.77. The number of hydrogen-bond acceptors (Lipinski definition) is 4. The first kappa shape index (κ1) is 22.4. The van der Waals surface area contributed by atoms with Gasteiger partial charge >= 0.3 is 6.18 Å². The summed E-state index contributed by atoms with van der Waals surface area (Å²) in [5.74, 6) is -1.61. The fourth-order valence-electron chi connectivity index (χ4n) is 3.83. The number of carbonyl (C=O) groups excluding carboxylic acids is 1. The highest BCUT2D eigenvalue weighted by Crippen LogP contribution is 2.41. The second kappa shape index (κ2) is 9.22. The number of carbonyl (C=O) groups is 1. The summed E-state index contributed by atoms with van der Waals surface area (Å²) in [6, 6.07) is 10.3. The molecular formula is C22H27F3N2O3. The molecule has 0 unspecified atom stereocenters. The summed E-state index contributed by atoms with van der Waals surface area (Å²) >= 11 is 0. The van der Waals surface area contributed by atoms with Gasteiger partial charge in [0.25, 0.3) is 0 Å². The number of furan rings is 1. The lowest BCUT2D eigenvalue weighted by Crippen LogP contribution is -2.46. The van der Waals surface area contributed by atoms with E-state index in [0.29, 0.717) is 6.04 Å². The third-order valence-corrected chi connectivity index (χ3v) is 5.72. The van der Waals surface area contributed by atoms with E-state index < -0.39 is 29.9 Å². The fourth-order valence-corrected chi connectivity index (χ4v) is 3.83. The molecule has 1 aliphatic rings. The minimum atomic E-state index is -5.05. The number of rotatable bonds is 7. The molecule has 2 N–H and O–H groups in total. The summed E-state index contributed by atoms with van der Waals surface area (Å²) < 4.78 is 45.1. The first-order chi connectivity index (χ1) is 14.2. The Morgan fingerprint density at radius 3 is 2.57 bits per heavy atom. The van der Waals surface area contributed by atoms with Gasteiger partial charge in [0.05, 0.1) is 12.7 Å². The summed E-state index contributed by atoms with van der Waals surface area (Å²) in [5, 5.41) is 12.7. The SMILES string of the molecule is C[C@@H]1CCCCN1Cc1ccccc1CNC(=O)C[C@](O)(c1ccco1)C(F)(F)F. The van der Waals surface area contributed by atoms with E-state index in [4.69, 9.17) is 4.42 Å². The maximum Gasteiger partial charge on any atom is 0.425 e. The van der Waals surface area contributed by atoms with Crippen LogP contribution >= 0.6 is 0 Å². The van der Waals surface area contributed by atoms with E-state index in [9.17, 15) is 23.1 Å². The van der Waals surface area contributed by atoms with E-state index in [1.54, 1.807) is 0 Å². The molecule has 0 radical (unpaired) electrons. The molecule has 1 aromatic heterocycles. The average Bonchev–Trinajstić information content (AvgIpc) is 3.23. The van der Waals surface area contributed by atoms with Crippen LogP contribution in [0.1, 0.15) is 49.5 Å². The molecule has 0 bridgehead atoms. The van der Waals surface area contributed by atoms with E-state index in [1.165, 1.54) is 12.5 Å². The van der Waals surface area contributed by atoms with Crippen molar-refractivity contribution >= 4 is 5.91 Å². The average molecular weight is 424 g/mol. The molecule has 5 nitrogen and oxygen atoms in total. The van der Waals surface area contributed by atoms with Crippen molar-refractivity contribution in [3.8, 4) is 0 Å². The van der Waals surface area contributed by atoms with Crippen LogP contribution in [0.25, 0.3) is 0 Å². The van der Waals surface area contributed by atoms with Gasteiger partial charge in [-0.15, -0.1) is 0 Å². The van der Waals surface area contributed by atoms with Crippen molar-refractivity contribution in [2.24, 2.45) is 0 Å². The minimum absolute atomic E-state index is 0.0866. The normalized spacial score (nSPS) is 20.0. The van der Waals surface area contributed by atoms with Gasteiger partial charge in [-0.3, -0.25) is 9.69 Å². The van der Waals surface area contributed by atoms with Crippen molar-refractivity contribution in [3.63, 3.8) is 0 Å². The third kappa shape index (κ3) is 5.05. The molecule has 2 atom stereocenters. The van der Waals surface area contributed by atoms with E-state index >= 15 is 0 Å². The van der Waals surface area contributed by atoms with Crippen LogP contribution in [0.3, 0.4) is 0 Å². The number of halogens is 3. The van der Waals surface area contributed by atoms with Crippen LogP contribution in [0.4, 0.5) is 13.2 Å². The first-order valence-corrected chi connectivity index (χ1v) is 10.1. The van der Waals surface area contributed by atoms with Crippen LogP contribution in [-0.4, -0.2) is 34.7 Å². The number of alkyl halides is 3. The van der Waals surface area contributed by atoms with E-state index in [1.807, 2.05) is 24.3 Å². The van der Waals surface area contributed by atoms with Gasteiger partial charge in [-0.25, -0.2) is 0 Å². The number of hydrogen-bond donors (Lipinski definition) is 2. The van der Waals surface area contributed by atoms with Gasteiger partial charge in [-0.1, -0.05) is 30.7 Å². The molecule has 30 heavy (non-hydrogen) atoms. The summed E-state index contributed by atoms with van der Waals surface area (Å²) in [5.41, 5.74) is -1.50. The summed E-state index contributed by atoms with van der Waals surface area (Å²) in [4.78, 5) is 14.7. The maximum absolute atomic E-state index is 13.5. The van der Waals surface area contributed by atoms with Crippen LogP contribution in [0.5, 0.6) is 0 Å². The Hall–Kier alpha value is -2.32. The molecule has 1 fully saturated rings. The van der Waals surface area contributed by atoms with E-state index in [2.05, 4.69) is 17.1 Å². The zero-order chi connectivity index (χ0) is 21.8. The maximum atomic E-state index is 13.5. The summed E-state index contributed by atoms with van der Waals surface area (Å²) in [6.45, 7) is 4.01. The van der Waals surface area contributed by atoms with Gasteiger partial charge in [0.2, 0.25) is 11.5 Å². The predicted octanol–water partition coefficient (Wildman–Crippen LogP) is 4.11. The zero-order valence-electron chi connectivity index (χ0n) is 16.9. The Bertz CT molecular complexity index is 838. The molecule has 2 heterocycles. The van der Waals surface area contributed by atoms with Crippen molar-refractivity contribution in [2.45, 2.75) is 63.5 Å². The number of piperidine rings is 1. The number of likely N-dealkylation sites (tertiary alicyclic amines) is 1. The highest BCUT2D eigenvalue weighted by atomic mass is 19.4. The van der Waals surface area contributed by atoms with Crippen molar-refractivity contribution in [3.05, 3.63) is 59.5 Å². The van der Waals surface area contributed by atoms with Crippen molar-refractivity contribution in [2.75, 3.05) is 6.54 Å².